The number of hydrogen-bond acceptors (Lipinski definition) is 3. The van der Waals surface area contributed by atoms with Crippen molar-refractivity contribution < 1.29 is 4.79 Å². The number of carbonyl (C=O) groups is 1. The molecule has 0 aliphatic heterocycles. The van der Waals surface area contributed by atoms with Crippen molar-refractivity contribution in [3.05, 3.63) is 82.1 Å². The summed E-state index contributed by atoms with van der Waals surface area (Å²) in [7, 11) is 0. The lowest BCUT2D eigenvalue weighted by molar-refractivity contribution is -0.119. The zero-order chi connectivity index (χ0) is 19.5. The van der Waals surface area contributed by atoms with Crippen LogP contribution in [0.2, 0.25) is 0 Å². The molecule has 0 unspecified atom stereocenters. The molecule has 5 nitrogen and oxygen atoms in total. The minimum Gasteiger partial charge on any atom is -0.324 e. The molecule has 4 rings (SSSR count). The van der Waals surface area contributed by atoms with Crippen LogP contribution in [0.5, 0.6) is 0 Å². The highest BCUT2D eigenvalue weighted by molar-refractivity contribution is 5.93. The molecule has 1 heterocycles. The Labute approximate surface area is 164 Å². The van der Waals surface area contributed by atoms with E-state index in [1.807, 2.05) is 60.7 Å². The summed E-state index contributed by atoms with van der Waals surface area (Å²) >= 11 is 0. The Hall–Kier alpha value is -3.21. The van der Waals surface area contributed by atoms with Gasteiger partial charge in [0.05, 0.1) is 5.69 Å². The highest BCUT2D eigenvalue weighted by Gasteiger charge is 2.25. The molecule has 3 aromatic rings. The molecule has 28 heavy (non-hydrogen) atoms. The number of rotatable bonds is 4. The highest BCUT2D eigenvalue weighted by atomic mass is 16.2. The third-order valence-corrected chi connectivity index (χ3v) is 5.26. The van der Waals surface area contributed by atoms with E-state index in [4.69, 9.17) is 0 Å². The van der Waals surface area contributed by atoms with Gasteiger partial charge in [0.2, 0.25) is 5.91 Å². The number of carbonyl (C=O) groups excluding carboxylic acids is 1. The van der Waals surface area contributed by atoms with Crippen LogP contribution in [0.1, 0.15) is 36.9 Å². The lowest BCUT2D eigenvalue weighted by atomic mass is 9.89. The van der Waals surface area contributed by atoms with Crippen LogP contribution >= 0.6 is 0 Å². The molecule has 5 heteroatoms. The minimum atomic E-state index is -0.706. The first-order chi connectivity index (χ1) is 13.6. The van der Waals surface area contributed by atoms with Gasteiger partial charge in [0, 0.05) is 16.8 Å². The van der Waals surface area contributed by atoms with E-state index < -0.39 is 6.04 Å². The molecule has 1 aliphatic rings. The van der Waals surface area contributed by atoms with Gasteiger partial charge in [-0.05, 0) is 50.3 Å². The number of benzene rings is 2. The molecule has 0 bridgehead atoms. The van der Waals surface area contributed by atoms with E-state index in [0.29, 0.717) is 5.69 Å². The molecule has 142 valence electrons. The molecule has 0 radical (unpaired) electrons. The Morgan fingerprint density at radius 2 is 1.57 bits per heavy atom. The van der Waals surface area contributed by atoms with E-state index >= 15 is 0 Å². The van der Waals surface area contributed by atoms with Crippen LogP contribution in [-0.2, 0) is 17.6 Å². The third-order valence-electron chi connectivity index (χ3n) is 5.26. The van der Waals surface area contributed by atoms with Gasteiger partial charge in [-0.25, -0.2) is 4.68 Å². The van der Waals surface area contributed by atoms with Gasteiger partial charge in [-0.15, -0.1) is 0 Å². The fourth-order valence-corrected chi connectivity index (χ4v) is 3.72. The predicted octanol–water partition coefficient (Wildman–Crippen LogP) is 3.99. The molecule has 1 aliphatic carbocycles. The van der Waals surface area contributed by atoms with E-state index in [0.717, 1.165) is 48.1 Å². The van der Waals surface area contributed by atoms with Crippen molar-refractivity contribution >= 4 is 11.6 Å². The lowest BCUT2D eigenvalue weighted by Crippen LogP contribution is -2.37. The second kappa shape index (κ2) is 7.80. The van der Waals surface area contributed by atoms with Crippen LogP contribution in [0.4, 0.5) is 5.69 Å². The summed E-state index contributed by atoms with van der Waals surface area (Å²) in [6.07, 6.45) is 3.64. The summed E-state index contributed by atoms with van der Waals surface area (Å²) in [5.74, 6) is -0.254. The van der Waals surface area contributed by atoms with Crippen LogP contribution in [0.15, 0.2) is 65.5 Å². The number of amides is 1. The number of aromatic nitrogens is 2. The van der Waals surface area contributed by atoms with E-state index in [1.54, 1.807) is 6.92 Å². The van der Waals surface area contributed by atoms with Crippen molar-refractivity contribution in [1.82, 2.24) is 9.78 Å². The van der Waals surface area contributed by atoms with Gasteiger partial charge in [-0.2, -0.15) is 5.10 Å². The average molecular weight is 373 g/mol. The fraction of sp³-hybridized carbons (Fsp3) is 0.261. The van der Waals surface area contributed by atoms with Gasteiger partial charge in [-0.1, -0.05) is 48.5 Å². The van der Waals surface area contributed by atoms with Crippen LogP contribution in [-0.4, -0.2) is 15.7 Å². The largest absolute Gasteiger partial charge is 0.324 e. The van der Waals surface area contributed by atoms with Crippen molar-refractivity contribution in [2.75, 3.05) is 5.32 Å². The van der Waals surface area contributed by atoms with Crippen molar-refractivity contribution in [1.29, 1.82) is 0 Å². The molecule has 2 aromatic carbocycles. The summed E-state index contributed by atoms with van der Waals surface area (Å²) < 4.78 is 1.35. The average Bonchev–Trinajstić information content (AvgIpc) is 2.75. The standard InChI is InChI=1S/C23H23N3O2/c1-16(22(27)24-18-12-6-3-7-13-18)26-23(28)20-15-9-8-14-19(20)21(25-26)17-10-4-2-5-11-17/h2-7,10-13,16H,8-9,14-15H2,1H3,(H,24,27)/t16-/m0/s1. The zero-order valence-electron chi connectivity index (χ0n) is 15.9. The van der Waals surface area contributed by atoms with E-state index in [-0.39, 0.29) is 11.5 Å². The summed E-state index contributed by atoms with van der Waals surface area (Å²) in [5.41, 5.74) is 4.19. The first kappa shape index (κ1) is 18.2. The number of nitrogens with zero attached hydrogens (tertiary/aromatic N) is 2. The number of fused-ring (bicyclic) bond motifs is 1. The number of nitrogens with one attached hydrogen (secondary N) is 1. The van der Waals surface area contributed by atoms with E-state index in [1.165, 1.54) is 4.68 Å². The number of hydrogen-bond donors (Lipinski definition) is 1. The lowest BCUT2D eigenvalue weighted by Gasteiger charge is -2.22. The van der Waals surface area contributed by atoms with Crippen LogP contribution < -0.4 is 10.9 Å². The minimum absolute atomic E-state index is 0.148. The predicted molar refractivity (Wildman–Crippen MR) is 110 cm³/mol. The van der Waals surface area contributed by atoms with Gasteiger partial charge in [0.25, 0.3) is 5.56 Å². The molecular weight excluding hydrogens is 350 g/mol. The Bertz CT molecular complexity index is 1040. The zero-order valence-corrected chi connectivity index (χ0v) is 15.9. The smallest absolute Gasteiger partial charge is 0.271 e. The monoisotopic (exact) mass is 373 g/mol. The Kier molecular flexibility index (Phi) is 5.06. The van der Waals surface area contributed by atoms with Crippen molar-refractivity contribution in [3.63, 3.8) is 0 Å². The molecule has 1 N–H and O–H groups in total. The molecule has 0 fully saturated rings. The van der Waals surface area contributed by atoms with Crippen LogP contribution in [0.25, 0.3) is 11.3 Å². The summed E-state index contributed by atoms with van der Waals surface area (Å²) in [5, 5.41) is 7.53. The van der Waals surface area contributed by atoms with Gasteiger partial charge < -0.3 is 5.32 Å². The van der Waals surface area contributed by atoms with Crippen LogP contribution in [0, 0.1) is 0 Å². The molecule has 0 saturated heterocycles. The molecule has 1 aromatic heterocycles. The van der Waals surface area contributed by atoms with Crippen molar-refractivity contribution in [2.45, 2.75) is 38.6 Å². The van der Waals surface area contributed by atoms with Gasteiger partial charge in [0.1, 0.15) is 6.04 Å². The topological polar surface area (TPSA) is 64.0 Å². The summed E-state index contributed by atoms with van der Waals surface area (Å²) in [6.45, 7) is 1.72. The highest BCUT2D eigenvalue weighted by Crippen LogP contribution is 2.28. The summed E-state index contributed by atoms with van der Waals surface area (Å²) in [4.78, 5) is 25.9. The summed E-state index contributed by atoms with van der Waals surface area (Å²) in [6, 6.07) is 18.4. The number of para-hydroxylation sites is 1. The second-order valence-electron chi connectivity index (χ2n) is 7.16. The first-order valence-electron chi connectivity index (χ1n) is 9.71. The first-order valence-corrected chi connectivity index (χ1v) is 9.71. The van der Waals surface area contributed by atoms with Crippen LogP contribution in [0.3, 0.4) is 0 Å². The molecule has 0 saturated carbocycles. The normalized spacial score (nSPS) is 14.2. The third kappa shape index (κ3) is 3.48. The van der Waals surface area contributed by atoms with Gasteiger partial charge in [-0.3, -0.25) is 9.59 Å². The number of anilines is 1. The Morgan fingerprint density at radius 3 is 2.25 bits per heavy atom. The maximum Gasteiger partial charge on any atom is 0.271 e. The van der Waals surface area contributed by atoms with Gasteiger partial charge in [0.15, 0.2) is 0 Å². The van der Waals surface area contributed by atoms with E-state index in [9.17, 15) is 9.59 Å². The maximum atomic E-state index is 13.1. The molecular formula is C23H23N3O2. The van der Waals surface area contributed by atoms with Crippen molar-refractivity contribution in [2.24, 2.45) is 0 Å². The quantitative estimate of drug-likeness (QED) is 0.752. The molecule has 1 atom stereocenters. The Morgan fingerprint density at radius 1 is 0.964 bits per heavy atom. The van der Waals surface area contributed by atoms with Gasteiger partial charge >= 0.3 is 0 Å². The maximum absolute atomic E-state index is 13.1. The molecule has 1 amide bonds. The second-order valence-corrected chi connectivity index (χ2v) is 7.16. The Balaban J connectivity index is 1.76. The van der Waals surface area contributed by atoms with Crippen molar-refractivity contribution in [3.8, 4) is 11.3 Å². The fourth-order valence-electron chi connectivity index (χ4n) is 3.72. The molecule has 0 spiro atoms. The van der Waals surface area contributed by atoms with E-state index in [2.05, 4.69) is 10.4 Å². The SMILES string of the molecule is C[C@@H](C(=O)Nc1ccccc1)n1nc(-c2ccccc2)c2c(c1=O)CCCC2.